The number of hydrogen-bond donors (Lipinski definition) is 2. The Kier molecular flexibility index (Phi) is 4.32. The van der Waals surface area contributed by atoms with Gasteiger partial charge in [0.25, 0.3) is 0 Å². The third kappa shape index (κ3) is 3.24. The summed E-state index contributed by atoms with van der Waals surface area (Å²) < 4.78 is 0. The predicted octanol–water partition coefficient (Wildman–Crippen LogP) is 4.44. The molecule has 0 spiro atoms. The van der Waals surface area contributed by atoms with E-state index in [9.17, 15) is 4.79 Å². The third-order valence-corrected chi connectivity index (χ3v) is 4.16. The number of carbonyl (C=O) groups excluding carboxylic acids is 1. The maximum absolute atomic E-state index is 12.0. The Balaban J connectivity index is 1.64. The minimum atomic E-state index is -0.130. The lowest BCUT2D eigenvalue weighted by Crippen LogP contribution is -2.13. The number of aromatic nitrogens is 2. The van der Waals surface area contributed by atoms with Crippen LogP contribution in [0.3, 0.4) is 0 Å². The Morgan fingerprint density at radius 1 is 1.14 bits per heavy atom. The van der Waals surface area contributed by atoms with Crippen LogP contribution in [-0.2, 0) is 11.2 Å². The van der Waals surface area contributed by atoms with Crippen LogP contribution in [-0.4, -0.2) is 15.9 Å². The van der Waals surface area contributed by atoms with Gasteiger partial charge >= 0.3 is 0 Å². The van der Waals surface area contributed by atoms with Gasteiger partial charge in [-0.3, -0.25) is 10.1 Å². The lowest BCUT2D eigenvalue weighted by atomic mass is 10.1. The van der Waals surface area contributed by atoms with E-state index in [0.717, 1.165) is 16.6 Å². The van der Waals surface area contributed by atoms with Crippen LogP contribution in [0.4, 0.5) is 5.95 Å². The van der Waals surface area contributed by atoms with Crippen molar-refractivity contribution in [3.8, 4) is 0 Å². The van der Waals surface area contributed by atoms with Gasteiger partial charge in [0.2, 0.25) is 11.9 Å². The van der Waals surface area contributed by atoms with Crippen molar-refractivity contribution in [3.63, 3.8) is 0 Å². The molecule has 0 radical (unpaired) electrons. The van der Waals surface area contributed by atoms with Crippen LogP contribution >= 0.6 is 23.2 Å². The van der Waals surface area contributed by atoms with Crippen molar-refractivity contribution < 1.29 is 4.79 Å². The smallest absolute Gasteiger partial charge is 0.227 e. The molecule has 2 aromatic carbocycles. The number of amides is 1. The number of fused-ring (bicyclic) bond motifs is 1. The molecule has 2 N–H and O–H groups in total. The zero-order chi connectivity index (χ0) is 15.5. The zero-order valence-electron chi connectivity index (χ0n) is 11.6. The number of halogens is 2. The Bertz CT molecular complexity index is 796. The number of hydrogen-bond acceptors (Lipinski definition) is 2. The SMILES string of the molecule is O=C(CCc1cccc(Cl)c1Cl)Nc1nc2ccccc2[nH]1. The number of anilines is 1. The normalized spacial score (nSPS) is 10.8. The monoisotopic (exact) mass is 333 g/mol. The molecule has 1 amide bonds. The van der Waals surface area contributed by atoms with E-state index in [-0.39, 0.29) is 5.91 Å². The average Bonchev–Trinajstić information content (AvgIpc) is 2.91. The molecule has 0 aliphatic rings. The molecule has 0 saturated carbocycles. The molecule has 1 aromatic heterocycles. The first kappa shape index (κ1) is 14.9. The lowest BCUT2D eigenvalue weighted by Gasteiger charge is -2.05. The van der Waals surface area contributed by atoms with E-state index in [1.807, 2.05) is 36.4 Å². The molecule has 4 nitrogen and oxygen atoms in total. The van der Waals surface area contributed by atoms with Crippen LogP contribution in [0.1, 0.15) is 12.0 Å². The summed E-state index contributed by atoms with van der Waals surface area (Å²) in [5, 5.41) is 3.75. The van der Waals surface area contributed by atoms with Crippen molar-refractivity contribution >= 4 is 46.1 Å². The van der Waals surface area contributed by atoms with Crippen LogP contribution in [0.2, 0.25) is 10.0 Å². The molecule has 1 heterocycles. The van der Waals surface area contributed by atoms with Crippen molar-refractivity contribution in [2.24, 2.45) is 0 Å². The summed E-state index contributed by atoms with van der Waals surface area (Å²) in [6.07, 6.45) is 0.822. The van der Waals surface area contributed by atoms with Gasteiger partial charge < -0.3 is 4.98 Å². The van der Waals surface area contributed by atoms with Gasteiger partial charge in [-0.05, 0) is 30.2 Å². The summed E-state index contributed by atoms with van der Waals surface area (Å²) >= 11 is 12.1. The first-order valence-corrected chi connectivity index (χ1v) is 7.56. The van der Waals surface area contributed by atoms with E-state index in [2.05, 4.69) is 15.3 Å². The van der Waals surface area contributed by atoms with Gasteiger partial charge in [0.05, 0.1) is 21.1 Å². The fraction of sp³-hybridized carbons (Fsp3) is 0.125. The highest BCUT2D eigenvalue weighted by Gasteiger charge is 2.09. The van der Waals surface area contributed by atoms with Gasteiger partial charge in [0, 0.05) is 6.42 Å². The van der Waals surface area contributed by atoms with Crippen molar-refractivity contribution in [1.29, 1.82) is 0 Å². The van der Waals surface area contributed by atoms with E-state index in [1.165, 1.54) is 0 Å². The molecular formula is C16H13Cl2N3O. The van der Waals surface area contributed by atoms with E-state index < -0.39 is 0 Å². The number of aryl methyl sites for hydroxylation is 1. The second-order valence-corrected chi connectivity index (χ2v) is 5.65. The maximum atomic E-state index is 12.0. The second kappa shape index (κ2) is 6.38. The largest absolute Gasteiger partial charge is 0.324 e. The fourth-order valence-electron chi connectivity index (χ4n) is 2.20. The van der Waals surface area contributed by atoms with E-state index >= 15 is 0 Å². The highest BCUT2D eigenvalue weighted by atomic mass is 35.5. The molecule has 0 unspecified atom stereocenters. The van der Waals surface area contributed by atoms with Gasteiger partial charge in [-0.2, -0.15) is 0 Å². The average molecular weight is 334 g/mol. The van der Waals surface area contributed by atoms with Crippen LogP contribution in [0, 0.1) is 0 Å². The molecule has 0 saturated heterocycles. The molecule has 0 atom stereocenters. The van der Waals surface area contributed by atoms with Crippen LogP contribution in [0.5, 0.6) is 0 Å². The van der Waals surface area contributed by atoms with Crippen molar-refractivity contribution in [2.45, 2.75) is 12.8 Å². The number of H-pyrrole nitrogens is 1. The molecule has 0 aliphatic carbocycles. The molecule has 0 bridgehead atoms. The summed E-state index contributed by atoms with van der Waals surface area (Å²) in [5.74, 6) is 0.318. The van der Waals surface area contributed by atoms with Gasteiger partial charge in [-0.25, -0.2) is 4.98 Å². The minimum absolute atomic E-state index is 0.130. The number of rotatable bonds is 4. The third-order valence-electron chi connectivity index (χ3n) is 3.30. The number of para-hydroxylation sites is 2. The van der Waals surface area contributed by atoms with Crippen molar-refractivity contribution in [1.82, 2.24) is 9.97 Å². The molecular weight excluding hydrogens is 321 g/mol. The van der Waals surface area contributed by atoms with Crippen LogP contribution in [0.15, 0.2) is 42.5 Å². The molecule has 3 rings (SSSR count). The topological polar surface area (TPSA) is 57.8 Å². The minimum Gasteiger partial charge on any atom is -0.324 e. The molecule has 3 aromatic rings. The summed E-state index contributed by atoms with van der Waals surface area (Å²) in [7, 11) is 0. The van der Waals surface area contributed by atoms with Gasteiger partial charge in [-0.15, -0.1) is 0 Å². The first-order chi connectivity index (χ1) is 10.6. The van der Waals surface area contributed by atoms with Crippen molar-refractivity contribution in [3.05, 3.63) is 58.1 Å². The Labute approximate surface area is 137 Å². The number of nitrogens with one attached hydrogen (secondary N) is 2. The predicted molar refractivity (Wildman–Crippen MR) is 89.5 cm³/mol. The van der Waals surface area contributed by atoms with E-state index in [0.29, 0.717) is 28.8 Å². The number of nitrogens with zero attached hydrogens (tertiary/aromatic N) is 1. The lowest BCUT2D eigenvalue weighted by molar-refractivity contribution is -0.116. The maximum Gasteiger partial charge on any atom is 0.227 e. The highest BCUT2D eigenvalue weighted by Crippen LogP contribution is 2.26. The van der Waals surface area contributed by atoms with Gasteiger partial charge in [0.15, 0.2) is 0 Å². The standard InChI is InChI=1S/C16H13Cl2N3O/c17-11-5-3-4-10(15(11)18)8-9-14(22)21-16-19-12-6-1-2-7-13(12)20-16/h1-7H,8-9H2,(H2,19,20,21,22). The summed E-state index contributed by atoms with van der Waals surface area (Å²) in [5.41, 5.74) is 2.56. The van der Waals surface area contributed by atoms with Crippen molar-refractivity contribution in [2.75, 3.05) is 5.32 Å². The van der Waals surface area contributed by atoms with Gasteiger partial charge in [0.1, 0.15) is 0 Å². The molecule has 22 heavy (non-hydrogen) atoms. The number of aromatic amines is 1. The number of benzene rings is 2. The molecule has 6 heteroatoms. The Morgan fingerprint density at radius 2 is 1.95 bits per heavy atom. The van der Waals surface area contributed by atoms with Crippen LogP contribution < -0.4 is 5.32 Å². The first-order valence-electron chi connectivity index (χ1n) is 6.81. The van der Waals surface area contributed by atoms with Crippen LogP contribution in [0.25, 0.3) is 11.0 Å². The van der Waals surface area contributed by atoms with Gasteiger partial charge in [-0.1, -0.05) is 47.5 Å². The molecule has 0 fully saturated rings. The quantitative estimate of drug-likeness (QED) is 0.741. The Morgan fingerprint density at radius 3 is 2.77 bits per heavy atom. The highest BCUT2D eigenvalue weighted by molar-refractivity contribution is 6.42. The number of carbonyl (C=O) groups is 1. The number of imidazole rings is 1. The molecule has 0 aliphatic heterocycles. The summed E-state index contributed by atoms with van der Waals surface area (Å²) in [6, 6.07) is 13.0. The second-order valence-electron chi connectivity index (χ2n) is 4.86. The molecule has 112 valence electrons. The summed E-state index contributed by atoms with van der Waals surface area (Å²) in [6.45, 7) is 0. The summed E-state index contributed by atoms with van der Waals surface area (Å²) in [4.78, 5) is 19.4. The Hall–Kier alpha value is -2.04. The zero-order valence-corrected chi connectivity index (χ0v) is 13.1. The fourth-order valence-corrected chi connectivity index (χ4v) is 2.61. The van der Waals surface area contributed by atoms with E-state index in [4.69, 9.17) is 23.2 Å². The van der Waals surface area contributed by atoms with E-state index in [1.54, 1.807) is 6.07 Å².